The summed E-state index contributed by atoms with van der Waals surface area (Å²) in [5.41, 5.74) is 0. The van der Waals surface area contributed by atoms with Gasteiger partial charge in [-0.3, -0.25) is 4.18 Å². The molecule has 0 atom stereocenters. The van der Waals surface area contributed by atoms with Gasteiger partial charge in [0.1, 0.15) is 12.4 Å². The third kappa shape index (κ3) is 22.0. The van der Waals surface area contributed by atoms with E-state index in [0.717, 1.165) is 7.11 Å². The minimum atomic E-state index is -4.41. The standard InChI is InChI=1S/C27H53N2.CH4O4S/c1-4-6-8-10-12-14-16-18-20-22-24-29-26-25-28(3)27(29)23-21-19-17-15-13-11-9-7-5-2;1-5-6(2,3)4/h25-26H,4-24H2,1-3H3;1H3,(H,2,3,4)/q+1;/p-1. The fourth-order valence-electron chi connectivity index (χ4n) is 4.44. The Morgan fingerprint density at radius 3 is 1.51 bits per heavy atom. The molecule has 7 heteroatoms. The topological polar surface area (TPSA) is 75.2 Å². The van der Waals surface area contributed by atoms with Gasteiger partial charge in [0.15, 0.2) is 0 Å². The lowest BCUT2D eigenvalue weighted by Crippen LogP contribution is -2.37. The van der Waals surface area contributed by atoms with E-state index in [1.54, 1.807) is 0 Å². The molecule has 0 bridgehead atoms. The van der Waals surface area contributed by atoms with Gasteiger partial charge in [0.2, 0.25) is 10.4 Å². The highest BCUT2D eigenvalue weighted by atomic mass is 32.3. The quantitative estimate of drug-likeness (QED) is 0.0696. The van der Waals surface area contributed by atoms with Gasteiger partial charge < -0.3 is 4.55 Å². The van der Waals surface area contributed by atoms with Crippen LogP contribution in [0.15, 0.2) is 12.4 Å². The molecule has 0 radical (unpaired) electrons. The molecule has 1 aromatic heterocycles. The van der Waals surface area contributed by atoms with Crippen molar-refractivity contribution < 1.29 is 21.7 Å². The minimum absolute atomic E-state index is 0.808. The van der Waals surface area contributed by atoms with Gasteiger partial charge in [0, 0.05) is 6.42 Å². The minimum Gasteiger partial charge on any atom is -0.726 e. The Balaban J connectivity index is 0.00000170. The second-order valence-corrected chi connectivity index (χ2v) is 11.0. The SMILES string of the molecule is CCCCCCCCCCCC[n+]1ccn(C)c1CCCCCCCCCCC.COS(=O)(=O)[O-]. The molecule has 35 heavy (non-hydrogen) atoms. The molecule has 1 rings (SSSR count). The monoisotopic (exact) mass is 516 g/mol. The van der Waals surface area contributed by atoms with Crippen LogP contribution in [0, 0.1) is 0 Å². The first kappa shape index (κ1) is 34.1. The smallest absolute Gasteiger partial charge is 0.256 e. The van der Waals surface area contributed by atoms with E-state index in [4.69, 9.17) is 0 Å². The second kappa shape index (κ2) is 23.5. The summed E-state index contributed by atoms with van der Waals surface area (Å²) in [6.07, 6.45) is 32.7. The van der Waals surface area contributed by atoms with Crippen molar-refractivity contribution in [2.75, 3.05) is 7.11 Å². The van der Waals surface area contributed by atoms with Crippen LogP contribution in [0.3, 0.4) is 0 Å². The van der Waals surface area contributed by atoms with Gasteiger partial charge >= 0.3 is 0 Å². The summed E-state index contributed by atoms with van der Waals surface area (Å²) < 4.78 is 35.9. The van der Waals surface area contributed by atoms with Crippen LogP contribution in [-0.2, 0) is 34.6 Å². The molecule has 0 unspecified atom stereocenters. The van der Waals surface area contributed by atoms with Gasteiger partial charge in [0.05, 0.1) is 20.7 Å². The van der Waals surface area contributed by atoms with Crippen molar-refractivity contribution in [2.45, 2.75) is 149 Å². The van der Waals surface area contributed by atoms with Crippen LogP contribution in [0.25, 0.3) is 0 Å². The van der Waals surface area contributed by atoms with E-state index in [0.29, 0.717) is 0 Å². The molecule has 0 aliphatic carbocycles. The van der Waals surface area contributed by atoms with E-state index in [1.807, 2.05) is 0 Å². The molecule has 0 aromatic carbocycles. The van der Waals surface area contributed by atoms with Crippen LogP contribution >= 0.6 is 0 Å². The van der Waals surface area contributed by atoms with Crippen LogP contribution in [0.2, 0.25) is 0 Å². The van der Waals surface area contributed by atoms with Crippen LogP contribution in [0.4, 0.5) is 0 Å². The number of aryl methyl sites for hydroxylation is 2. The molecule has 208 valence electrons. The van der Waals surface area contributed by atoms with Crippen LogP contribution < -0.4 is 4.57 Å². The fraction of sp³-hybridized carbons (Fsp3) is 0.893. The van der Waals surface area contributed by atoms with Gasteiger partial charge in [-0.15, -0.1) is 0 Å². The Labute approximate surface area is 217 Å². The van der Waals surface area contributed by atoms with Crippen molar-refractivity contribution in [3.05, 3.63) is 18.2 Å². The maximum absolute atomic E-state index is 9.22. The van der Waals surface area contributed by atoms with E-state index < -0.39 is 10.4 Å². The lowest BCUT2D eigenvalue weighted by Gasteiger charge is -2.05. The lowest BCUT2D eigenvalue weighted by molar-refractivity contribution is -0.704. The van der Waals surface area contributed by atoms with Crippen LogP contribution in [-0.4, -0.2) is 24.6 Å². The molecule has 0 saturated carbocycles. The summed E-state index contributed by atoms with van der Waals surface area (Å²) >= 11 is 0. The Hall–Kier alpha value is -0.920. The number of hydrogen-bond acceptors (Lipinski definition) is 4. The lowest BCUT2D eigenvalue weighted by atomic mass is 10.1. The highest BCUT2D eigenvalue weighted by Gasteiger charge is 2.13. The maximum Gasteiger partial charge on any atom is 0.256 e. The van der Waals surface area contributed by atoms with Crippen LogP contribution in [0.1, 0.15) is 142 Å². The van der Waals surface area contributed by atoms with Crippen molar-refractivity contribution >= 4 is 10.4 Å². The third-order valence-electron chi connectivity index (χ3n) is 6.67. The normalized spacial score (nSPS) is 11.5. The van der Waals surface area contributed by atoms with Gasteiger partial charge in [-0.2, -0.15) is 0 Å². The average Bonchev–Trinajstić information content (AvgIpc) is 3.18. The molecule has 0 aliphatic heterocycles. The van der Waals surface area contributed by atoms with Gasteiger partial charge in [0.25, 0.3) is 5.82 Å². The second-order valence-electron chi connectivity index (χ2n) is 9.85. The summed E-state index contributed by atoms with van der Waals surface area (Å²) in [6.45, 7) is 5.81. The van der Waals surface area contributed by atoms with Crippen molar-refractivity contribution in [3.8, 4) is 0 Å². The molecule has 0 spiro atoms. The summed E-state index contributed by atoms with van der Waals surface area (Å²) in [4.78, 5) is 0. The van der Waals surface area contributed by atoms with Crippen LogP contribution in [0.5, 0.6) is 0 Å². The van der Waals surface area contributed by atoms with Crippen molar-refractivity contribution in [1.82, 2.24) is 4.57 Å². The first-order valence-electron chi connectivity index (χ1n) is 14.4. The zero-order chi connectivity index (χ0) is 26.2. The number of nitrogens with zero attached hydrogens (tertiary/aromatic N) is 2. The van der Waals surface area contributed by atoms with E-state index in [-0.39, 0.29) is 0 Å². The molecular weight excluding hydrogens is 460 g/mol. The number of aromatic nitrogens is 2. The van der Waals surface area contributed by atoms with E-state index >= 15 is 0 Å². The first-order valence-corrected chi connectivity index (χ1v) is 15.7. The largest absolute Gasteiger partial charge is 0.726 e. The molecule has 0 N–H and O–H groups in total. The average molecular weight is 517 g/mol. The van der Waals surface area contributed by atoms with Gasteiger partial charge in [-0.25, -0.2) is 17.6 Å². The Bertz CT molecular complexity index is 689. The zero-order valence-electron chi connectivity index (χ0n) is 23.4. The Morgan fingerprint density at radius 2 is 1.11 bits per heavy atom. The fourth-order valence-corrected chi connectivity index (χ4v) is 4.44. The predicted octanol–water partition coefficient (Wildman–Crippen LogP) is 7.40. The molecule has 0 fully saturated rings. The van der Waals surface area contributed by atoms with Gasteiger partial charge in [-0.05, 0) is 19.3 Å². The summed E-state index contributed by atoms with van der Waals surface area (Å²) in [6, 6.07) is 0. The number of rotatable bonds is 22. The summed E-state index contributed by atoms with van der Waals surface area (Å²) in [5.74, 6) is 1.53. The molecule has 0 amide bonds. The molecule has 0 saturated heterocycles. The zero-order valence-corrected chi connectivity index (χ0v) is 24.3. The van der Waals surface area contributed by atoms with Gasteiger partial charge in [-0.1, -0.05) is 117 Å². The maximum atomic E-state index is 9.22. The Kier molecular flexibility index (Phi) is 22.9. The third-order valence-corrected chi connectivity index (χ3v) is 7.08. The van der Waals surface area contributed by atoms with Crippen molar-refractivity contribution in [1.29, 1.82) is 0 Å². The van der Waals surface area contributed by atoms with Crippen molar-refractivity contribution in [3.63, 3.8) is 0 Å². The number of hydrogen-bond donors (Lipinski definition) is 0. The first-order chi connectivity index (χ1) is 16.9. The van der Waals surface area contributed by atoms with E-state index in [2.05, 4.69) is 46.6 Å². The summed E-state index contributed by atoms with van der Waals surface area (Å²) in [7, 11) is -1.38. The van der Waals surface area contributed by atoms with E-state index in [1.165, 1.54) is 141 Å². The highest BCUT2D eigenvalue weighted by molar-refractivity contribution is 7.80. The predicted molar refractivity (Wildman–Crippen MR) is 145 cm³/mol. The molecule has 6 nitrogen and oxygen atoms in total. The molecule has 1 heterocycles. The van der Waals surface area contributed by atoms with E-state index in [9.17, 15) is 13.0 Å². The highest BCUT2D eigenvalue weighted by Crippen LogP contribution is 2.12. The number of imidazole rings is 1. The number of unbranched alkanes of at least 4 members (excludes halogenated alkanes) is 17. The molecule has 0 aliphatic rings. The Morgan fingerprint density at radius 1 is 0.743 bits per heavy atom. The molecular formula is C28H56N2O4S. The van der Waals surface area contributed by atoms with Crippen molar-refractivity contribution in [2.24, 2.45) is 7.05 Å². The molecule has 1 aromatic rings. The summed E-state index contributed by atoms with van der Waals surface area (Å²) in [5, 5.41) is 0.